The molecule has 4 N–H and O–H groups in total. The number of thiocarbonyl (C=S) groups is 1. The Labute approximate surface area is 106 Å². The van der Waals surface area contributed by atoms with Gasteiger partial charge >= 0.3 is 0 Å². The van der Waals surface area contributed by atoms with Gasteiger partial charge in [0, 0.05) is 24.8 Å². The van der Waals surface area contributed by atoms with E-state index >= 15 is 0 Å². The van der Waals surface area contributed by atoms with E-state index in [4.69, 9.17) is 18.0 Å². The van der Waals surface area contributed by atoms with E-state index in [1.165, 1.54) is 0 Å². The number of hydrogen-bond acceptors (Lipinski definition) is 5. The van der Waals surface area contributed by atoms with Crippen molar-refractivity contribution in [3.63, 3.8) is 0 Å². The summed E-state index contributed by atoms with van der Waals surface area (Å²) in [6, 6.07) is 1.70. The molecule has 0 amide bonds. The first kappa shape index (κ1) is 13.8. The minimum absolute atomic E-state index is 0.269. The van der Waals surface area contributed by atoms with Gasteiger partial charge in [0.25, 0.3) is 0 Å². The summed E-state index contributed by atoms with van der Waals surface area (Å²) in [7, 11) is -3.16. The zero-order valence-corrected chi connectivity index (χ0v) is 10.9. The van der Waals surface area contributed by atoms with E-state index in [-0.39, 0.29) is 11.5 Å². The standard InChI is InChI=1S/C9H14N4O2S2/c1-17(14,15)13-5-4-12-8-6-11-3-2-7(8)9(10)16/h2-3,6,12-13H,4-5H2,1H3,(H2,10,16). The Hall–Kier alpha value is -1.25. The third-order valence-corrected chi connectivity index (χ3v) is 2.84. The molecule has 0 saturated heterocycles. The second kappa shape index (κ2) is 5.89. The van der Waals surface area contributed by atoms with Crippen molar-refractivity contribution in [3.05, 3.63) is 24.0 Å². The van der Waals surface area contributed by atoms with Gasteiger partial charge in [0.2, 0.25) is 10.0 Å². The highest BCUT2D eigenvalue weighted by Crippen LogP contribution is 2.12. The van der Waals surface area contributed by atoms with Crippen LogP contribution in [0.25, 0.3) is 0 Å². The summed E-state index contributed by atoms with van der Waals surface area (Å²) in [6.45, 7) is 0.707. The van der Waals surface area contributed by atoms with Crippen LogP contribution in [0, 0.1) is 0 Å². The van der Waals surface area contributed by atoms with Gasteiger partial charge in [-0.25, -0.2) is 13.1 Å². The minimum atomic E-state index is -3.16. The molecule has 0 aliphatic rings. The van der Waals surface area contributed by atoms with Crippen molar-refractivity contribution in [3.8, 4) is 0 Å². The van der Waals surface area contributed by atoms with Crippen LogP contribution in [-0.2, 0) is 10.0 Å². The van der Waals surface area contributed by atoms with Crippen molar-refractivity contribution >= 4 is 32.9 Å². The van der Waals surface area contributed by atoms with Gasteiger partial charge < -0.3 is 11.1 Å². The van der Waals surface area contributed by atoms with Crippen LogP contribution < -0.4 is 15.8 Å². The van der Waals surface area contributed by atoms with Gasteiger partial charge in [-0.15, -0.1) is 0 Å². The Balaban J connectivity index is 2.55. The van der Waals surface area contributed by atoms with Gasteiger partial charge in [-0.1, -0.05) is 12.2 Å². The fourth-order valence-electron chi connectivity index (χ4n) is 1.18. The second-order valence-electron chi connectivity index (χ2n) is 3.38. The number of nitrogens with one attached hydrogen (secondary N) is 2. The molecule has 0 radical (unpaired) electrons. The van der Waals surface area contributed by atoms with Gasteiger partial charge in [0.05, 0.1) is 18.1 Å². The van der Waals surface area contributed by atoms with E-state index in [9.17, 15) is 8.42 Å². The molecule has 0 unspecified atom stereocenters. The fourth-order valence-corrected chi connectivity index (χ4v) is 1.83. The topological polar surface area (TPSA) is 97.1 Å². The molecule has 0 aliphatic carbocycles. The summed E-state index contributed by atoms with van der Waals surface area (Å²) in [5.41, 5.74) is 6.92. The monoisotopic (exact) mass is 274 g/mol. The van der Waals surface area contributed by atoms with Crippen LogP contribution in [0.15, 0.2) is 18.5 Å². The van der Waals surface area contributed by atoms with Gasteiger partial charge in [-0.3, -0.25) is 4.98 Å². The molecule has 1 heterocycles. The maximum atomic E-state index is 10.8. The fraction of sp³-hybridized carbons (Fsp3) is 0.333. The third kappa shape index (κ3) is 5.07. The maximum Gasteiger partial charge on any atom is 0.208 e. The minimum Gasteiger partial charge on any atom is -0.389 e. The molecule has 1 aromatic rings. The highest BCUT2D eigenvalue weighted by molar-refractivity contribution is 7.88. The number of nitrogens with two attached hydrogens (primary N) is 1. The third-order valence-electron chi connectivity index (χ3n) is 1.89. The molecule has 1 rings (SSSR count). The van der Waals surface area contributed by atoms with Crippen molar-refractivity contribution in [2.75, 3.05) is 24.7 Å². The molecular weight excluding hydrogens is 260 g/mol. The molecule has 0 aliphatic heterocycles. The van der Waals surface area contributed by atoms with Crippen LogP contribution in [0.1, 0.15) is 5.56 Å². The van der Waals surface area contributed by atoms with Crippen molar-refractivity contribution in [1.82, 2.24) is 9.71 Å². The second-order valence-corrected chi connectivity index (χ2v) is 5.65. The van der Waals surface area contributed by atoms with Gasteiger partial charge in [-0.05, 0) is 6.07 Å². The molecule has 0 fully saturated rings. The lowest BCUT2D eigenvalue weighted by atomic mass is 10.2. The summed E-state index contributed by atoms with van der Waals surface area (Å²) < 4.78 is 24.0. The number of nitrogens with zero attached hydrogens (tertiary/aromatic N) is 1. The summed E-state index contributed by atoms with van der Waals surface area (Å²) >= 11 is 4.89. The Morgan fingerprint density at radius 3 is 2.82 bits per heavy atom. The number of aromatic nitrogens is 1. The molecule has 1 aromatic heterocycles. The Morgan fingerprint density at radius 1 is 1.53 bits per heavy atom. The predicted molar refractivity (Wildman–Crippen MR) is 71.5 cm³/mol. The smallest absolute Gasteiger partial charge is 0.208 e. The number of hydrogen-bond donors (Lipinski definition) is 3. The predicted octanol–water partition coefficient (Wildman–Crippen LogP) is -0.323. The molecule has 0 atom stereocenters. The summed E-state index contributed by atoms with van der Waals surface area (Å²) in [5.74, 6) is 0. The molecular formula is C9H14N4O2S2. The van der Waals surface area contributed by atoms with Crippen LogP contribution in [0.2, 0.25) is 0 Å². The van der Waals surface area contributed by atoms with Gasteiger partial charge in [-0.2, -0.15) is 0 Å². The van der Waals surface area contributed by atoms with E-state index in [2.05, 4.69) is 15.0 Å². The molecule has 17 heavy (non-hydrogen) atoms. The summed E-state index contributed by atoms with van der Waals surface area (Å²) in [6.07, 6.45) is 4.29. The number of anilines is 1. The van der Waals surface area contributed by atoms with Gasteiger partial charge in [0.1, 0.15) is 4.99 Å². The number of pyridine rings is 1. The van der Waals surface area contributed by atoms with E-state index in [1.807, 2.05) is 0 Å². The number of sulfonamides is 1. The first-order valence-corrected chi connectivity index (χ1v) is 7.12. The van der Waals surface area contributed by atoms with Crippen molar-refractivity contribution in [2.45, 2.75) is 0 Å². The highest BCUT2D eigenvalue weighted by atomic mass is 32.2. The van der Waals surface area contributed by atoms with Crippen molar-refractivity contribution in [2.24, 2.45) is 5.73 Å². The molecule has 6 nitrogen and oxygen atoms in total. The highest BCUT2D eigenvalue weighted by Gasteiger charge is 2.04. The molecule has 0 spiro atoms. The maximum absolute atomic E-state index is 10.8. The van der Waals surface area contributed by atoms with E-state index in [1.54, 1.807) is 18.5 Å². The van der Waals surface area contributed by atoms with Crippen LogP contribution in [-0.4, -0.2) is 37.7 Å². The summed E-state index contributed by atoms with van der Waals surface area (Å²) in [4.78, 5) is 4.21. The van der Waals surface area contributed by atoms with Crippen molar-refractivity contribution in [1.29, 1.82) is 0 Å². The molecule has 0 bridgehead atoms. The van der Waals surface area contributed by atoms with E-state index in [0.29, 0.717) is 17.8 Å². The first-order chi connectivity index (χ1) is 7.90. The van der Waals surface area contributed by atoms with E-state index < -0.39 is 10.0 Å². The van der Waals surface area contributed by atoms with Crippen LogP contribution in [0.4, 0.5) is 5.69 Å². The van der Waals surface area contributed by atoms with Crippen molar-refractivity contribution < 1.29 is 8.42 Å². The zero-order valence-electron chi connectivity index (χ0n) is 9.30. The Morgan fingerprint density at radius 2 is 2.24 bits per heavy atom. The molecule has 94 valence electrons. The summed E-state index contributed by atoms with van der Waals surface area (Å²) in [5, 5.41) is 3.01. The largest absolute Gasteiger partial charge is 0.389 e. The van der Waals surface area contributed by atoms with Crippen LogP contribution in [0.3, 0.4) is 0 Å². The number of rotatable bonds is 6. The van der Waals surface area contributed by atoms with Gasteiger partial charge in [0.15, 0.2) is 0 Å². The van der Waals surface area contributed by atoms with Crippen LogP contribution in [0.5, 0.6) is 0 Å². The Kier molecular flexibility index (Phi) is 4.79. The average Bonchev–Trinajstić information content (AvgIpc) is 2.23. The lowest BCUT2D eigenvalue weighted by Gasteiger charge is -2.10. The lowest BCUT2D eigenvalue weighted by molar-refractivity contribution is 0.589. The quantitative estimate of drug-likeness (QED) is 0.486. The normalized spacial score (nSPS) is 11.1. The Bertz CT molecular complexity index is 501. The lowest BCUT2D eigenvalue weighted by Crippen LogP contribution is -2.28. The SMILES string of the molecule is CS(=O)(=O)NCCNc1cnccc1C(N)=S. The van der Waals surface area contributed by atoms with E-state index in [0.717, 1.165) is 6.26 Å². The van der Waals surface area contributed by atoms with Crippen LogP contribution >= 0.6 is 12.2 Å². The molecule has 0 saturated carbocycles. The molecule has 0 aromatic carbocycles. The molecule has 8 heteroatoms. The zero-order chi connectivity index (χ0) is 12.9. The first-order valence-electron chi connectivity index (χ1n) is 4.82. The average molecular weight is 274 g/mol.